The van der Waals surface area contributed by atoms with Crippen molar-refractivity contribution in [2.24, 2.45) is 5.92 Å². The molecule has 0 fully saturated rings. The van der Waals surface area contributed by atoms with Gasteiger partial charge in [0.05, 0.1) is 5.41 Å². The van der Waals surface area contributed by atoms with E-state index in [-0.39, 0.29) is 11.3 Å². The molecule has 4 aromatic rings. The number of allylic oxidation sites excluding steroid dienone is 4. The van der Waals surface area contributed by atoms with Gasteiger partial charge in [0.1, 0.15) is 0 Å². The van der Waals surface area contributed by atoms with Gasteiger partial charge in [-0.25, -0.2) is 0 Å². The van der Waals surface area contributed by atoms with Crippen LogP contribution < -0.4 is 0 Å². The Morgan fingerprint density at radius 1 is 0.667 bits per heavy atom. The lowest BCUT2D eigenvalue weighted by molar-refractivity contribution is 0.522. The molecule has 0 amide bonds. The number of fused-ring (bicyclic) bond motifs is 3. The topological polar surface area (TPSA) is 0 Å². The second-order valence-corrected chi connectivity index (χ2v) is 10.5. The smallest absolute Gasteiger partial charge is 0.0562 e. The molecule has 2 aliphatic rings. The van der Waals surface area contributed by atoms with Crippen LogP contribution in [0.3, 0.4) is 0 Å². The van der Waals surface area contributed by atoms with Gasteiger partial charge in [0.25, 0.3) is 0 Å². The predicted octanol–water partition coefficient (Wildman–Crippen LogP) is 8.86. The molecular formula is C31H22Br2. The van der Waals surface area contributed by atoms with Crippen LogP contribution in [0.4, 0.5) is 0 Å². The van der Waals surface area contributed by atoms with Gasteiger partial charge >= 0.3 is 0 Å². The highest BCUT2D eigenvalue weighted by Crippen LogP contribution is 2.54. The van der Waals surface area contributed by atoms with E-state index in [9.17, 15) is 0 Å². The second-order valence-electron chi connectivity index (χ2n) is 8.76. The quantitative estimate of drug-likeness (QED) is 0.195. The lowest BCUT2D eigenvalue weighted by atomic mass is 9.60. The molecule has 0 aromatic heterocycles. The number of hydrogen-bond acceptors (Lipinski definition) is 0. The molecule has 0 N–H and O–H groups in total. The molecule has 0 bridgehead atoms. The minimum absolute atomic E-state index is 0.209. The second kappa shape index (κ2) is 8.27. The normalized spacial score (nSPS) is 14.5. The zero-order chi connectivity index (χ0) is 22.4. The molecule has 0 heterocycles. The largest absolute Gasteiger partial charge is 0.0761 e. The van der Waals surface area contributed by atoms with Crippen molar-refractivity contribution < 1.29 is 0 Å². The number of hydrogen-bond donors (Lipinski definition) is 0. The highest BCUT2D eigenvalue weighted by molar-refractivity contribution is 9.10. The average molecular weight is 554 g/mol. The molecular weight excluding hydrogens is 532 g/mol. The zero-order valence-electron chi connectivity index (χ0n) is 18.0. The van der Waals surface area contributed by atoms with E-state index in [1.54, 1.807) is 0 Å². The van der Waals surface area contributed by atoms with Gasteiger partial charge in [-0.1, -0.05) is 129 Å². The van der Waals surface area contributed by atoms with Crippen molar-refractivity contribution in [3.05, 3.63) is 152 Å². The Bertz CT molecular complexity index is 1350. The van der Waals surface area contributed by atoms with E-state index in [1.165, 1.54) is 38.9 Å². The summed E-state index contributed by atoms with van der Waals surface area (Å²) in [4.78, 5) is 0. The van der Waals surface area contributed by atoms with Crippen molar-refractivity contribution in [3.8, 4) is 11.1 Å². The van der Waals surface area contributed by atoms with Crippen molar-refractivity contribution in [1.29, 1.82) is 0 Å². The third-order valence-electron chi connectivity index (χ3n) is 7.09. The minimum Gasteiger partial charge on any atom is -0.0761 e. The summed E-state index contributed by atoms with van der Waals surface area (Å²) in [6.07, 6.45) is 10.0. The van der Waals surface area contributed by atoms with Crippen molar-refractivity contribution in [1.82, 2.24) is 0 Å². The van der Waals surface area contributed by atoms with Crippen LogP contribution in [0, 0.1) is 5.92 Å². The summed E-state index contributed by atoms with van der Waals surface area (Å²) in [6.45, 7) is 0. The van der Waals surface area contributed by atoms with Crippen molar-refractivity contribution in [2.75, 3.05) is 0 Å². The van der Waals surface area contributed by atoms with E-state index in [2.05, 4.69) is 147 Å². The van der Waals surface area contributed by atoms with Gasteiger partial charge < -0.3 is 0 Å². The first-order chi connectivity index (χ1) is 16.2. The molecule has 0 nitrogen and oxygen atoms in total. The van der Waals surface area contributed by atoms with Gasteiger partial charge in [0.15, 0.2) is 0 Å². The van der Waals surface area contributed by atoms with Crippen LogP contribution in [-0.2, 0) is 11.8 Å². The van der Waals surface area contributed by atoms with E-state index in [0.29, 0.717) is 0 Å². The summed E-state index contributed by atoms with van der Waals surface area (Å²) in [6, 6.07) is 33.2. The molecule has 0 unspecified atom stereocenters. The highest BCUT2D eigenvalue weighted by atomic mass is 79.9. The van der Waals surface area contributed by atoms with Crippen LogP contribution in [0.2, 0.25) is 0 Å². The first-order valence-electron chi connectivity index (χ1n) is 11.3. The van der Waals surface area contributed by atoms with E-state index in [0.717, 1.165) is 15.4 Å². The van der Waals surface area contributed by atoms with Gasteiger partial charge in [-0.05, 0) is 63.6 Å². The Kier molecular flexibility index (Phi) is 5.24. The van der Waals surface area contributed by atoms with E-state index >= 15 is 0 Å². The summed E-state index contributed by atoms with van der Waals surface area (Å²) >= 11 is 7.71. The Balaban J connectivity index is 1.73. The van der Waals surface area contributed by atoms with Crippen molar-refractivity contribution >= 4 is 31.9 Å². The lowest BCUT2D eigenvalue weighted by Gasteiger charge is -2.42. The minimum atomic E-state index is -0.352. The summed E-state index contributed by atoms with van der Waals surface area (Å²) in [5.41, 5.74) is 9.12. The van der Waals surface area contributed by atoms with Crippen LogP contribution in [-0.4, -0.2) is 0 Å². The zero-order valence-corrected chi connectivity index (χ0v) is 21.2. The van der Waals surface area contributed by atoms with Gasteiger partial charge in [0, 0.05) is 14.9 Å². The summed E-state index contributed by atoms with van der Waals surface area (Å²) in [5, 5.41) is 0. The Hall–Kier alpha value is -2.68. The van der Waals surface area contributed by atoms with Gasteiger partial charge in [-0.15, -0.1) is 0 Å². The van der Waals surface area contributed by atoms with E-state index in [1.807, 2.05) is 0 Å². The monoisotopic (exact) mass is 552 g/mol. The molecule has 33 heavy (non-hydrogen) atoms. The van der Waals surface area contributed by atoms with Gasteiger partial charge in [-0.3, -0.25) is 0 Å². The van der Waals surface area contributed by atoms with Crippen LogP contribution >= 0.6 is 31.9 Å². The molecule has 2 heteroatoms. The molecule has 0 saturated heterocycles. The fraction of sp³-hybridized carbons (Fsp3) is 0.0968. The van der Waals surface area contributed by atoms with Gasteiger partial charge in [0.2, 0.25) is 0 Å². The molecule has 0 spiro atoms. The fourth-order valence-corrected chi connectivity index (χ4v) is 6.87. The molecule has 2 aliphatic carbocycles. The van der Waals surface area contributed by atoms with Crippen molar-refractivity contribution in [3.63, 3.8) is 0 Å². The third kappa shape index (κ3) is 3.23. The maximum Gasteiger partial charge on any atom is 0.0562 e. The predicted molar refractivity (Wildman–Crippen MR) is 145 cm³/mol. The Morgan fingerprint density at radius 2 is 1.27 bits per heavy atom. The molecule has 0 radical (unpaired) electrons. The molecule has 6 rings (SSSR count). The molecule has 160 valence electrons. The first kappa shape index (κ1) is 20.9. The third-order valence-corrected chi connectivity index (χ3v) is 8.24. The Labute approximate surface area is 212 Å². The molecule has 0 aliphatic heterocycles. The SMILES string of the molecule is Brc1ccc2c(c1)Cc1c-2ccc(Br)c1C(c1ccccc1)(c1ccccc1)C1C=CC=C1. The maximum atomic E-state index is 4.03. The number of rotatable bonds is 4. The van der Waals surface area contributed by atoms with Crippen LogP contribution in [0.15, 0.2) is 124 Å². The van der Waals surface area contributed by atoms with Crippen LogP contribution in [0.1, 0.15) is 27.8 Å². The first-order valence-corrected chi connectivity index (χ1v) is 12.8. The number of halogens is 2. The molecule has 0 atom stereocenters. The maximum absolute atomic E-state index is 4.03. The van der Waals surface area contributed by atoms with Crippen LogP contribution in [0.5, 0.6) is 0 Å². The van der Waals surface area contributed by atoms with Gasteiger partial charge in [-0.2, -0.15) is 0 Å². The lowest BCUT2D eigenvalue weighted by Crippen LogP contribution is -2.37. The average Bonchev–Trinajstić information content (AvgIpc) is 3.50. The Morgan fingerprint density at radius 3 is 1.91 bits per heavy atom. The summed E-state index contributed by atoms with van der Waals surface area (Å²) < 4.78 is 2.29. The van der Waals surface area contributed by atoms with E-state index < -0.39 is 0 Å². The highest BCUT2D eigenvalue weighted by Gasteiger charge is 2.45. The van der Waals surface area contributed by atoms with Crippen molar-refractivity contribution in [2.45, 2.75) is 11.8 Å². The van der Waals surface area contributed by atoms with Crippen LogP contribution in [0.25, 0.3) is 11.1 Å². The molecule has 4 aromatic carbocycles. The summed E-state index contributed by atoms with van der Waals surface area (Å²) in [5.74, 6) is 0.209. The summed E-state index contributed by atoms with van der Waals surface area (Å²) in [7, 11) is 0. The standard InChI is InChI=1S/C31H22Br2/c32-25-15-16-26-21(19-25)20-28-27(26)17-18-29(33)30(28)31(24-13-7-8-14-24,22-9-3-1-4-10-22)23-11-5-2-6-12-23/h1-19,24H,20H2. The molecule has 0 saturated carbocycles. The number of benzene rings is 4. The van der Waals surface area contributed by atoms with E-state index in [4.69, 9.17) is 0 Å². The fourth-order valence-electron chi connectivity index (χ4n) is 5.77.